The summed E-state index contributed by atoms with van der Waals surface area (Å²) in [6.45, 7) is 3.38. The van der Waals surface area contributed by atoms with Gasteiger partial charge in [-0.15, -0.1) is 0 Å². The molecule has 1 amide bonds. The van der Waals surface area contributed by atoms with Gasteiger partial charge >= 0.3 is 6.18 Å². The van der Waals surface area contributed by atoms with Crippen molar-refractivity contribution in [1.29, 1.82) is 0 Å². The van der Waals surface area contributed by atoms with Crippen LogP contribution >= 0.6 is 0 Å². The molecule has 0 bridgehead atoms. The molecule has 1 saturated carbocycles. The first-order valence-corrected chi connectivity index (χ1v) is 10.6. The van der Waals surface area contributed by atoms with Crippen LogP contribution in [0.15, 0.2) is 42.9 Å². The van der Waals surface area contributed by atoms with E-state index in [0.29, 0.717) is 28.1 Å². The van der Waals surface area contributed by atoms with E-state index in [1.54, 1.807) is 12.1 Å². The number of benzene rings is 1. The number of rotatable bonds is 5. The number of fused-ring (bicyclic) bond motifs is 1. The second kappa shape index (κ2) is 8.08. The van der Waals surface area contributed by atoms with Crippen LogP contribution in [0, 0.1) is 13.8 Å². The van der Waals surface area contributed by atoms with Gasteiger partial charge in [-0.05, 0) is 56.5 Å². The van der Waals surface area contributed by atoms with Crippen molar-refractivity contribution in [2.24, 2.45) is 0 Å². The number of nitrogens with zero attached hydrogens (tertiary/aromatic N) is 5. The molecule has 1 aromatic carbocycles. The molecule has 2 N–H and O–H groups in total. The van der Waals surface area contributed by atoms with Gasteiger partial charge < -0.3 is 10.6 Å². The number of nitrogens with one attached hydrogen (secondary N) is 2. The fraction of sp³-hybridized carbons (Fsp3) is 0.261. The summed E-state index contributed by atoms with van der Waals surface area (Å²) in [5, 5.41) is 10.9. The molecule has 0 unspecified atom stereocenters. The lowest BCUT2D eigenvalue weighted by Crippen LogP contribution is -2.25. The van der Waals surface area contributed by atoms with E-state index in [0.717, 1.165) is 30.5 Å². The van der Waals surface area contributed by atoms with Crippen LogP contribution in [-0.2, 0) is 6.18 Å². The van der Waals surface area contributed by atoms with Crippen LogP contribution in [0.3, 0.4) is 0 Å². The molecular weight excluding hydrogens is 447 g/mol. The molecule has 4 aromatic rings. The number of aryl methyl sites for hydroxylation is 2. The van der Waals surface area contributed by atoms with E-state index in [1.165, 1.54) is 24.1 Å². The molecule has 0 radical (unpaired) electrons. The Labute approximate surface area is 192 Å². The molecule has 11 heteroatoms. The van der Waals surface area contributed by atoms with Crippen LogP contribution in [-0.4, -0.2) is 36.7 Å². The first kappa shape index (κ1) is 21.8. The van der Waals surface area contributed by atoms with E-state index in [4.69, 9.17) is 0 Å². The van der Waals surface area contributed by atoms with Crippen molar-refractivity contribution in [1.82, 2.24) is 30.0 Å². The zero-order chi connectivity index (χ0) is 24.0. The molecular formula is C23H20F3N7O. The molecule has 34 heavy (non-hydrogen) atoms. The van der Waals surface area contributed by atoms with Gasteiger partial charge in [0.2, 0.25) is 0 Å². The van der Waals surface area contributed by atoms with Gasteiger partial charge in [-0.1, -0.05) is 6.07 Å². The van der Waals surface area contributed by atoms with Crippen LogP contribution in [0.25, 0.3) is 16.9 Å². The predicted molar refractivity (Wildman–Crippen MR) is 119 cm³/mol. The summed E-state index contributed by atoms with van der Waals surface area (Å²) in [5.74, 6) is 0.266. The molecule has 1 aliphatic carbocycles. The minimum Gasteiger partial charge on any atom is -0.349 e. The summed E-state index contributed by atoms with van der Waals surface area (Å²) in [6.07, 6.45) is 0.232. The molecule has 3 heterocycles. The van der Waals surface area contributed by atoms with Crippen LogP contribution in [0.5, 0.6) is 0 Å². The number of carbonyl (C=O) groups excluding carboxylic acids is 1. The normalized spacial score (nSPS) is 13.8. The third-order valence-electron chi connectivity index (χ3n) is 5.52. The van der Waals surface area contributed by atoms with Gasteiger partial charge in [0.25, 0.3) is 5.91 Å². The molecule has 1 aliphatic rings. The highest BCUT2D eigenvalue weighted by Crippen LogP contribution is 2.32. The van der Waals surface area contributed by atoms with Crippen LogP contribution < -0.4 is 10.6 Å². The van der Waals surface area contributed by atoms with Gasteiger partial charge in [-0.3, -0.25) is 4.79 Å². The minimum atomic E-state index is -4.51. The van der Waals surface area contributed by atoms with E-state index in [1.807, 2.05) is 13.0 Å². The summed E-state index contributed by atoms with van der Waals surface area (Å²) in [6, 6.07) is 7.48. The quantitative estimate of drug-likeness (QED) is 0.449. The highest BCUT2D eigenvalue weighted by Gasteiger charge is 2.32. The second-order valence-corrected chi connectivity index (χ2v) is 8.27. The van der Waals surface area contributed by atoms with Crippen LogP contribution in [0.4, 0.5) is 24.7 Å². The topological polar surface area (TPSA) is 97.6 Å². The van der Waals surface area contributed by atoms with Crippen LogP contribution in [0.1, 0.15) is 40.0 Å². The number of pyridine rings is 1. The maximum atomic E-state index is 13.3. The van der Waals surface area contributed by atoms with Crippen molar-refractivity contribution in [2.45, 2.75) is 38.9 Å². The number of hydrogen-bond donors (Lipinski definition) is 2. The third kappa shape index (κ3) is 4.28. The van der Waals surface area contributed by atoms with E-state index in [2.05, 4.69) is 30.7 Å². The van der Waals surface area contributed by atoms with E-state index in [-0.39, 0.29) is 23.5 Å². The predicted octanol–water partition coefficient (Wildman–Crippen LogP) is 4.48. The number of hydrogen-bond acceptors (Lipinski definition) is 6. The van der Waals surface area contributed by atoms with Crippen molar-refractivity contribution in [2.75, 3.05) is 5.32 Å². The highest BCUT2D eigenvalue weighted by molar-refractivity contribution is 5.96. The first-order valence-electron chi connectivity index (χ1n) is 10.6. The molecule has 0 spiro atoms. The zero-order valence-electron chi connectivity index (χ0n) is 18.3. The Morgan fingerprint density at radius 2 is 1.91 bits per heavy atom. The summed E-state index contributed by atoms with van der Waals surface area (Å²) >= 11 is 0. The maximum absolute atomic E-state index is 13.3. The SMILES string of the molecule is Cc1cc(C(F)(F)F)cc(-n2ncc3c(Nc4cc(C(=O)NC5CC5)ccc4C)ncnc32)n1. The van der Waals surface area contributed by atoms with Crippen LogP contribution in [0.2, 0.25) is 0 Å². The van der Waals surface area contributed by atoms with Gasteiger partial charge in [-0.25, -0.2) is 15.0 Å². The fourth-order valence-corrected chi connectivity index (χ4v) is 3.56. The Bertz CT molecular complexity index is 1410. The number of carbonyl (C=O) groups is 1. The van der Waals surface area contributed by atoms with Crippen molar-refractivity contribution < 1.29 is 18.0 Å². The summed E-state index contributed by atoms with van der Waals surface area (Å²) < 4.78 is 41.1. The molecule has 0 atom stereocenters. The van der Waals surface area contributed by atoms with E-state index >= 15 is 0 Å². The summed E-state index contributed by atoms with van der Waals surface area (Å²) in [7, 11) is 0. The Kier molecular flexibility index (Phi) is 5.18. The molecule has 0 aliphatic heterocycles. The van der Waals surface area contributed by atoms with Gasteiger partial charge in [0.05, 0.1) is 17.1 Å². The Morgan fingerprint density at radius 1 is 1.12 bits per heavy atom. The standard InChI is InChI=1S/C23H20F3N7O/c1-12-3-4-14(22(34)31-16-5-6-16)8-18(12)32-20-17-10-29-33(21(17)28-11-27-20)19-9-15(23(24,25)26)7-13(2)30-19/h3-4,7-11,16H,5-6H2,1-2H3,(H,31,34)(H,27,28,32). The average molecular weight is 467 g/mol. The second-order valence-electron chi connectivity index (χ2n) is 8.27. The van der Waals surface area contributed by atoms with Gasteiger partial charge in [0.15, 0.2) is 11.5 Å². The summed E-state index contributed by atoms with van der Waals surface area (Å²) in [5.41, 5.74) is 1.76. The summed E-state index contributed by atoms with van der Waals surface area (Å²) in [4.78, 5) is 25.1. The Morgan fingerprint density at radius 3 is 2.65 bits per heavy atom. The number of aromatic nitrogens is 5. The molecule has 5 rings (SSSR count). The molecule has 0 saturated heterocycles. The van der Waals surface area contributed by atoms with Gasteiger partial charge in [0, 0.05) is 23.0 Å². The van der Waals surface area contributed by atoms with Crippen molar-refractivity contribution in [3.05, 3.63) is 65.2 Å². The number of amides is 1. The number of alkyl halides is 3. The number of anilines is 2. The maximum Gasteiger partial charge on any atom is 0.416 e. The molecule has 8 nitrogen and oxygen atoms in total. The first-order chi connectivity index (χ1) is 16.2. The van der Waals surface area contributed by atoms with Crippen molar-refractivity contribution >= 4 is 28.4 Å². The zero-order valence-corrected chi connectivity index (χ0v) is 18.3. The molecule has 3 aromatic heterocycles. The smallest absolute Gasteiger partial charge is 0.349 e. The third-order valence-corrected chi connectivity index (χ3v) is 5.52. The highest BCUT2D eigenvalue weighted by atomic mass is 19.4. The van der Waals surface area contributed by atoms with Gasteiger partial charge in [0.1, 0.15) is 12.1 Å². The van der Waals surface area contributed by atoms with E-state index < -0.39 is 11.7 Å². The lowest BCUT2D eigenvalue weighted by atomic mass is 10.1. The Balaban J connectivity index is 1.51. The van der Waals surface area contributed by atoms with Crippen molar-refractivity contribution in [3.63, 3.8) is 0 Å². The van der Waals surface area contributed by atoms with Crippen molar-refractivity contribution in [3.8, 4) is 5.82 Å². The minimum absolute atomic E-state index is 0.00176. The lowest BCUT2D eigenvalue weighted by Gasteiger charge is -2.12. The Hall–Kier alpha value is -4.02. The van der Waals surface area contributed by atoms with E-state index in [9.17, 15) is 18.0 Å². The monoisotopic (exact) mass is 467 g/mol. The molecule has 174 valence electrons. The number of halogens is 3. The fourth-order valence-electron chi connectivity index (χ4n) is 3.56. The molecule has 1 fully saturated rings. The van der Waals surface area contributed by atoms with Gasteiger partial charge in [-0.2, -0.15) is 23.0 Å². The largest absolute Gasteiger partial charge is 0.416 e. The lowest BCUT2D eigenvalue weighted by molar-refractivity contribution is -0.137. The average Bonchev–Trinajstić information content (AvgIpc) is 3.48.